The van der Waals surface area contributed by atoms with Crippen molar-refractivity contribution in [3.63, 3.8) is 0 Å². The zero-order valence-electron chi connectivity index (χ0n) is 17.4. The SMILES string of the molecule is CC1=C(C(=O)O)C(c2ccccc2)C(C(=O)OCc2ccccc2)=C(C)N1S(C)(=O)=O. The number of carboxylic acid groups (broad SMARTS) is 1. The molecule has 0 fully saturated rings. The van der Waals surface area contributed by atoms with Gasteiger partial charge in [0.15, 0.2) is 0 Å². The van der Waals surface area contributed by atoms with Crippen LogP contribution in [-0.4, -0.2) is 36.0 Å². The summed E-state index contributed by atoms with van der Waals surface area (Å²) in [6, 6.07) is 17.7. The number of benzene rings is 2. The highest BCUT2D eigenvalue weighted by atomic mass is 32.2. The number of sulfonamides is 1. The number of hydrogen-bond donors (Lipinski definition) is 1. The van der Waals surface area contributed by atoms with E-state index in [4.69, 9.17) is 4.74 Å². The van der Waals surface area contributed by atoms with Crippen molar-refractivity contribution in [2.75, 3.05) is 6.26 Å². The number of carbonyl (C=O) groups excluding carboxylic acids is 1. The number of esters is 1. The van der Waals surface area contributed by atoms with Crippen molar-refractivity contribution in [1.29, 1.82) is 0 Å². The van der Waals surface area contributed by atoms with Crippen LogP contribution in [0.5, 0.6) is 0 Å². The van der Waals surface area contributed by atoms with Crippen molar-refractivity contribution < 1.29 is 27.9 Å². The quantitative estimate of drug-likeness (QED) is 0.690. The average Bonchev–Trinajstić information content (AvgIpc) is 2.71. The van der Waals surface area contributed by atoms with Crippen molar-refractivity contribution >= 4 is 22.0 Å². The Morgan fingerprint density at radius 1 is 0.935 bits per heavy atom. The number of nitrogens with zero attached hydrogens (tertiary/aromatic N) is 1. The van der Waals surface area contributed by atoms with Gasteiger partial charge < -0.3 is 9.84 Å². The second kappa shape index (κ2) is 8.77. The molecule has 2 aromatic rings. The summed E-state index contributed by atoms with van der Waals surface area (Å²) in [5, 5.41) is 9.96. The summed E-state index contributed by atoms with van der Waals surface area (Å²) in [6.45, 7) is 2.89. The van der Waals surface area contributed by atoms with Gasteiger partial charge >= 0.3 is 11.9 Å². The Morgan fingerprint density at radius 2 is 1.45 bits per heavy atom. The minimum absolute atomic E-state index is 0.0180. The topological polar surface area (TPSA) is 101 Å². The smallest absolute Gasteiger partial charge is 0.337 e. The lowest BCUT2D eigenvalue weighted by Gasteiger charge is -2.35. The van der Waals surface area contributed by atoms with Gasteiger partial charge in [0.05, 0.1) is 23.3 Å². The molecule has 1 atom stereocenters. The third-order valence-corrected chi connectivity index (χ3v) is 6.30. The lowest BCUT2D eigenvalue weighted by molar-refractivity contribution is -0.140. The number of hydrogen-bond acceptors (Lipinski definition) is 5. The van der Waals surface area contributed by atoms with Gasteiger partial charge in [-0.25, -0.2) is 22.3 Å². The molecule has 1 heterocycles. The maximum Gasteiger partial charge on any atom is 0.337 e. The van der Waals surface area contributed by atoms with Crippen LogP contribution in [0.25, 0.3) is 0 Å². The molecular formula is C23H23NO6S. The fourth-order valence-electron chi connectivity index (χ4n) is 3.85. The predicted octanol–water partition coefficient (Wildman–Crippen LogP) is 3.42. The normalized spacial score (nSPS) is 17.0. The molecule has 0 amide bonds. The summed E-state index contributed by atoms with van der Waals surface area (Å²) < 4.78 is 31.3. The first-order chi connectivity index (χ1) is 14.6. The van der Waals surface area contributed by atoms with Crippen molar-refractivity contribution in [1.82, 2.24) is 4.31 Å². The number of allylic oxidation sites excluding steroid dienone is 2. The molecule has 0 saturated carbocycles. The predicted molar refractivity (Wildman–Crippen MR) is 115 cm³/mol. The van der Waals surface area contributed by atoms with E-state index in [-0.39, 0.29) is 29.1 Å². The van der Waals surface area contributed by atoms with Crippen LogP contribution in [0.3, 0.4) is 0 Å². The van der Waals surface area contributed by atoms with E-state index in [0.29, 0.717) is 5.56 Å². The van der Waals surface area contributed by atoms with Crippen LogP contribution in [0, 0.1) is 0 Å². The molecule has 7 nitrogen and oxygen atoms in total. The van der Waals surface area contributed by atoms with Crippen molar-refractivity contribution in [3.05, 3.63) is 94.3 Å². The molecule has 162 valence electrons. The van der Waals surface area contributed by atoms with E-state index >= 15 is 0 Å². The monoisotopic (exact) mass is 441 g/mol. The van der Waals surface area contributed by atoms with Crippen LogP contribution in [0.15, 0.2) is 83.2 Å². The van der Waals surface area contributed by atoms with Crippen LogP contribution in [0.4, 0.5) is 0 Å². The molecule has 1 aliphatic rings. The van der Waals surface area contributed by atoms with Gasteiger partial charge in [-0.1, -0.05) is 60.7 Å². The molecule has 0 saturated heterocycles. The first-order valence-electron chi connectivity index (χ1n) is 9.54. The maximum absolute atomic E-state index is 13.2. The average molecular weight is 442 g/mol. The summed E-state index contributed by atoms with van der Waals surface area (Å²) >= 11 is 0. The van der Waals surface area contributed by atoms with Gasteiger partial charge in [0.2, 0.25) is 10.0 Å². The summed E-state index contributed by atoms with van der Waals surface area (Å²) in [7, 11) is -3.88. The fraction of sp³-hybridized carbons (Fsp3) is 0.217. The van der Waals surface area contributed by atoms with E-state index in [1.807, 2.05) is 6.07 Å². The third kappa shape index (κ3) is 4.54. The molecule has 1 N–H and O–H groups in total. The Balaban J connectivity index is 2.15. The van der Waals surface area contributed by atoms with E-state index in [2.05, 4.69) is 0 Å². The van der Waals surface area contributed by atoms with Gasteiger partial charge in [0.25, 0.3) is 0 Å². The number of ether oxygens (including phenoxy) is 1. The Morgan fingerprint density at radius 3 is 1.97 bits per heavy atom. The number of aliphatic carboxylic acids is 1. The maximum atomic E-state index is 13.2. The molecule has 31 heavy (non-hydrogen) atoms. The molecular weight excluding hydrogens is 418 g/mol. The summed E-state index contributed by atoms with van der Waals surface area (Å²) in [5.41, 5.74) is 1.27. The standard InChI is InChI=1S/C23H23NO6S/c1-15-19(22(25)26)21(18-12-8-5-9-13-18)20(16(2)24(15)31(3,28)29)23(27)30-14-17-10-6-4-7-11-17/h4-13,21H,14H2,1-3H3,(H,25,26). The highest BCUT2D eigenvalue weighted by Crippen LogP contribution is 2.43. The molecule has 0 bridgehead atoms. The lowest BCUT2D eigenvalue weighted by atomic mass is 9.80. The number of carbonyl (C=O) groups is 2. The summed E-state index contributed by atoms with van der Waals surface area (Å²) in [4.78, 5) is 25.4. The van der Waals surface area contributed by atoms with E-state index in [1.54, 1.807) is 54.6 Å². The molecule has 3 rings (SSSR count). The zero-order valence-corrected chi connectivity index (χ0v) is 18.2. The molecule has 8 heteroatoms. The number of rotatable bonds is 6. The van der Waals surface area contributed by atoms with Crippen LogP contribution in [0.2, 0.25) is 0 Å². The molecule has 0 spiro atoms. The molecule has 2 aromatic carbocycles. The van der Waals surface area contributed by atoms with E-state index in [9.17, 15) is 23.1 Å². The fourth-order valence-corrected chi connectivity index (χ4v) is 5.05. The zero-order chi connectivity index (χ0) is 22.8. The largest absolute Gasteiger partial charge is 0.478 e. The molecule has 0 aliphatic carbocycles. The first kappa shape index (κ1) is 22.3. The molecule has 1 aliphatic heterocycles. The Hall–Kier alpha value is -3.39. The lowest BCUT2D eigenvalue weighted by Crippen LogP contribution is -2.37. The molecule has 0 radical (unpaired) electrons. The highest BCUT2D eigenvalue weighted by Gasteiger charge is 2.42. The molecule has 0 aromatic heterocycles. The van der Waals surface area contributed by atoms with Gasteiger partial charge in [0.1, 0.15) is 6.61 Å². The summed E-state index contributed by atoms with van der Waals surface area (Å²) in [5.74, 6) is -3.05. The Labute approximate surface area is 181 Å². The first-order valence-corrected chi connectivity index (χ1v) is 11.4. The van der Waals surface area contributed by atoms with E-state index in [1.165, 1.54) is 13.8 Å². The third-order valence-electron chi connectivity index (χ3n) is 5.09. The van der Waals surface area contributed by atoms with Crippen LogP contribution in [0.1, 0.15) is 30.9 Å². The second-order valence-electron chi connectivity index (χ2n) is 7.24. The van der Waals surface area contributed by atoms with Gasteiger partial charge in [-0.05, 0) is 25.0 Å². The highest BCUT2D eigenvalue weighted by molar-refractivity contribution is 7.88. The minimum atomic E-state index is -3.88. The van der Waals surface area contributed by atoms with Crippen molar-refractivity contribution in [2.45, 2.75) is 26.4 Å². The Kier molecular flexibility index (Phi) is 6.31. The van der Waals surface area contributed by atoms with Crippen molar-refractivity contribution in [2.24, 2.45) is 0 Å². The molecule has 1 unspecified atom stereocenters. The van der Waals surface area contributed by atoms with Gasteiger partial charge in [-0.3, -0.25) is 0 Å². The minimum Gasteiger partial charge on any atom is -0.478 e. The van der Waals surface area contributed by atoms with Gasteiger partial charge in [-0.15, -0.1) is 0 Å². The van der Waals surface area contributed by atoms with E-state index in [0.717, 1.165) is 16.1 Å². The van der Waals surface area contributed by atoms with Crippen molar-refractivity contribution in [3.8, 4) is 0 Å². The van der Waals surface area contributed by atoms with Gasteiger partial charge in [-0.2, -0.15) is 0 Å². The van der Waals surface area contributed by atoms with Crippen LogP contribution >= 0.6 is 0 Å². The van der Waals surface area contributed by atoms with Crippen LogP contribution < -0.4 is 0 Å². The number of carboxylic acids is 1. The van der Waals surface area contributed by atoms with Gasteiger partial charge in [0, 0.05) is 11.4 Å². The second-order valence-corrected chi connectivity index (χ2v) is 9.07. The summed E-state index contributed by atoms with van der Waals surface area (Å²) in [6.07, 6.45) is 0.967. The Bertz CT molecular complexity index is 1170. The van der Waals surface area contributed by atoms with E-state index < -0.39 is 27.9 Å². The van der Waals surface area contributed by atoms with Crippen LogP contribution in [-0.2, 0) is 31.0 Å².